The molecule has 1 N–H and O–H groups in total. The number of para-hydroxylation sites is 1. The number of hydrogen-bond donors (Lipinski definition) is 1. The van der Waals surface area contributed by atoms with Crippen molar-refractivity contribution in [1.29, 1.82) is 0 Å². The summed E-state index contributed by atoms with van der Waals surface area (Å²) < 4.78 is 0. The number of aromatic amines is 1. The third kappa shape index (κ3) is 2.23. The van der Waals surface area contributed by atoms with Crippen LogP contribution < -0.4 is 5.56 Å². The van der Waals surface area contributed by atoms with Gasteiger partial charge < -0.3 is 4.98 Å². The Labute approximate surface area is 117 Å². The molecule has 100 valence electrons. The van der Waals surface area contributed by atoms with Crippen LogP contribution in [0, 0.1) is 0 Å². The summed E-state index contributed by atoms with van der Waals surface area (Å²) in [6.07, 6.45) is 3.70. The van der Waals surface area contributed by atoms with E-state index in [-0.39, 0.29) is 5.56 Å². The summed E-state index contributed by atoms with van der Waals surface area (Å²) in [5.41, 5.74) is 3.33. The molecule has 0 aliphatic heterocycles. The van der Waals surface area contributed by atoms with Crippen molar-refractivity contribution in [3.63, 3.8) is 0 Å². The van der Waals surface area contributed by atoms with Gasteiger partial charge >= 0.3 is 0 Å². The van der Waals surface area contributed by atoms with Crippen molar-refractivity contribution >= 4 is 10.9 Å². The van der Waals surface area contributed by atoms with E-state index in [1.807, 2.05) is 42.5 Å². The van der Waals surface area contributed by atoms with E-state index in [1.54, 1.807) is 6.20 Å². The van der Waals surface area contributed by atoms with Crippen molar-refractivity contribution in [3.05, 3.63) is 64.6 Å². The molecule has 3 aromatic rings. The van der Waals surface area contributed by atoms with Gasteiger partial charge in [0, 0.05) is 11.7 Å². The average molecular weight is 264 g/mol. The number of hydrogen-bond acceptors (Lipinski definition) is 2. The Bertz CT molecular complexity index is 805. The quantitative estimate of drug-likeness (QED) is 0.786. The van der Waals surface area contributed by atoms with Gasteiger partial charge in [-0.1, -0.05) is 37.6 Å². The molecule has 0 radical (unpaired) electrons. The van der Waals surface area contributed by atoms with E-state index in [0.717, 1.165) is 35.0 Å². The lowest BCUT2D eigenvalue weighted by atomic mass is 10.0. The smallest absolute Gasteiger partial charge is 0.257 e. The van der Waals surface area contributed by atoms with Gasteiger partial charge in [-0.25, -0.2) is 0 Å². The van der Waals surface area contributed by atoms with Crippen LogP contribution in [0.4, 0.5) is 0 Å². The van der Waals surface area contributed by atoms with Crippen molar-refractivity contribution in [1.82, 2.24) is 9.97 Å². The van der Waals surface area contributed by atoms with Gasteiger partial charge in [0.15, 0.2) is 0 Å². The number of nitrogens with zero attached hydrogens (tertiary/aromatic N) is 1. The number of pyridine rings is 2. The van der Waals surface area contributed by atoms with Crippen molar-refractivity contribution in [2.24, 2.45) is 0 Å². The van der Waals surface area contributed by atoms with E-state index in [1.165, 1.54) is 0 Å². The maximum absolute atomic E-state index is 12.3. The standard InChI is InChI=1S/C17H16N2O/c1-2-6-12-8-5-10-18-16(12)14-11-13-7-3-4-9-15(13)19-17(14)20/h3-5,7-11H,2,6H2,1H3,(H,19,20). The largest absolute Gasteiger partial charge is 0.321 e. The molecular weight excluding hydrogens is 248 g/mol. The molecule has 3 nitrogen and oxygen atoms in total. The van der Waals surface area contributed by atoms with Gasteiger partial charge in [0.05, 0.1) is 11.3 Å². The van der Waals surface area contributed by atoms with Crippen LogP contribution in [0.1, 0.15) is 18.9 Å². The highest BCUT2D eigenvalue weighted by Gasteiger charge is 2.10. The summed E-state index contributed by atoms with van der Waals surface area (Å²) in [5, 5.41) is 1.02. The maximum Gasteiger partial charge on any atom is 0.257 e. The molecule has 0 unspecified atom stereocenters. The summed E-state index contributed by atoms with van der Waals surface area (Å²) in [4.78, 5) is 19.6. The average Bonchev–Trinajstić information content (AvgIpc) is 2.48. The van der Waals surface area contributed by atoms with Crippen LogP contribution in [-0.2, 0) is 6.42 Å². The second kappa shape index (κ2) is 5.29. The normalized spacial score (nSPS) is 10.8. The van der Waals surface area contributed by atoms with E-state index in [9.17, 15) is 4.79 Å². The molecule has 0 aliphatic rings. The summed E-state index contributed by atoms with van der Waals surface area (Å²) in [7, 11) is 0. The second-order valence-corrected chi connectivity index (χ2v) is 4.86. The zero-order valence-corrected chi connectivity index (χ0v) is 11.4. The van der Waals surface area contributed by atoms with Gasteiger partial charge in [0.25, 0.3) is 5.56 Å². The van der Waals surface area contributed by atoms with Crippen molar-refractivity contribution in [3.8, 4) is 11.3 Å². The van der Waals surface area contributed by atoms with Crippen molar-refractivity contribution < 1.29 is 0 Å². The van der Waals surface area contributed by atoms with Gasteiger partial charge in [-0.15, -0.1) is 0 Å². The minimum Gasteiger partial charge on any atom is -0.321 e. The summed E-state index contributed by atoms with van der Waals surface area (Å²) in [5.74, 6) is 0. The van der Waals surface area contributed by atoms with Crippen LogP contribution in [0.3, 0.4) is 0 Å². The molecule has 20 heavy (non-hydrogen) atoms. The molecule has 1 aromatic carbocycles. The zero-order chi connectivity index (χ0) is 13.9. The minimum absolute atomic E-state index is 0.0836. The van der Waals surface area contributed by atoms with E-state index >= 15 is 0 Å². The lowest BCUT2D eigenvalue weighted by Crippen LogP contribution is -2.10. The molecule has 0 fully saturated rings. The van der Waals surface area contributed by atoms with Crippen LogP contribution in [-0.4, -0.2) is 9.97 Å². The van der Waals surface area contributed by atoms with Crippen LogP contribution >= 0.6 is 0 Å². The molecule has 0 spiro atoms. The van der Waals surface area contributed by atoms with Gasteiger partial charge in [0.2, 0.25) is 0 Å². The first-order valence-electron chi connectivity index (χ1n) is 6.86. The molecule has 2 aromatic heterocycles. The minimum atomic E-state index is -0.0836. The fourth-order valence-electron chi connectivity index (χ4n) is 2.48. The predicted molar refractivity (Wildman–Crippen MR) is 81.8 cm³/mol. The lowest BCUT2D eigenvalue weighted by molar-refractivity contribution is 0.916. The topological polar surface area (TPSA) is 45.8 Å². The van der Waals surface area contributed by atoms with Crippen molar-refractivity contribution in [2.75, 3.05) is 0 Å². The zero-order valence-electron chi connectivity index (χ0n) is 11.4. The summed E-state index contributed by atoms with van der Waals surface area (Å²) in [6, 6.07) is 13.7. The number of aryl methyl sites for hydroxylation is 1. The van der Waals surface area contributed by atoms with Gasteiger partial charge in [-0.2, -0.15) is 0 Å². The van der Waals surface area contributed by atoms with E-state index in [4.69, 9.17) is 0 Å². The van der Waals surface area contributed by atoms with Crippen molar-refractivity contribution in [2.45, 2.75) is 19.8 Å². The highest BCUT2D eigenvalue weighted by Crippen LogP contribution is 2.21. The molecule has 3 heteroatoms. The molecule has 0 atom stereocenters. The number of aromatic nitrogens is 2. The monoisotopic (exact) mass is 264 g/mol. The van der Waals surface area contributed by atoms with Crippen LogP contribution in [0.2, 0.25) is 0 Å². The highest BCUT2D eigenvalue weighted by atomic mass is 16.1. The number of H-pyrrole nitrogens is 1. The fourth-order valence-corrected chi connectivity index (χ4v) is 2.48. The lowest BCUT2D eigenvalue weighted by Gasteiger charge is -2.08. The molecule has 3 rings (SSSR count). The Morgan fingerprint density at radius 2 is 2.00 bits per heavy atom. The Hall–Kier alpha value is -2.42. The SMILES string of the molecule is CCCc1cccnc1-c1cc2ccccc2[nH]c1=O. The third-order valence-corrected chi connectivity index (χ3v) is 3.42. The Morgan fingerprint density at radius 1 is 1.15 bits per heavy atom. The van der Waals surface area contributed by atoms with Crippen LogP contribution in [0.25, 0.3) is 22.2 Å². The van der Waals surface area contributed by atoms with E-state index < -0.39 is 0 Å². The van der Waals surface area contributed by atoms with Gasteiger partial charge in [-0.3, -0.25) is 9.78 Å². The number of benzene rings is 1. The predicted octanol–water partition coefficient (Wildman–Crippen LogP) is 3.54. The first-order chi connectivity index (χ1) is 9.79. The Balaban J connectivity index is 2.24. The maximum atomic E-state index is 12.3. The highest BCUT2D eigenvalue weighted by molar-refractivity contribution is 5.83. The number of fused-ring (bicyclic) bond motifs is 1. The molecule has 0 amide bonds. The molecule has 0 aliphatic carbocycles. The van der Waals surface area contributed by atoms with Crippen LogP contribution in [0.15, 0.2) is 53.5 Å². The number of nitrogens with one attached hydrogen (secondary N) is 1. The van der Waals surface area contributed by atoms with E-state index in [2.05, 4.69) is 16.9 Å². The fraction of sp³-hybridized carbons (Fsp3) is 0.176. The number of rotatable bonds is 3. The Morgan fingerprint density at radius 3 is 2.85 bits per heavy atom. The first kappa shape index (κ1) is 12.6. The Kier molecular flexibility index (Phi) is 3.33. The van der Waals surface area contributed by atoms with Crippen LogP contribution in [0.5, 0.6) is 0 Å². The molecule has 0 saturated heterocycles. The van der Waals surface area contributed by atoms with Gasteiger partial charge in [-0.05, 0) is 35.6 Å². The molecule has 0 bridgehead atoms. The molecular formula is C17H16N2O. The van der Waals surface area contributed by atoms with Gasteiger partial charge in [0.1, 0.15) is 0 Å². The second-order valence-electron chi connectivity index (χ2n) is 4.86. The summed E-state index contributed by atoms with van der Waals surface area (Å²) >= 11 is 0. The molecule has 2 heterocycles. The third-order valence-electron chi connectivity index (χ3n) is 3.42. The summed E-state index contributed by atoms with van der Waals surface area (Å²) in [6.45, 7) is 2.13. The first-order valence-corrected chi connectivity index (χ1v) is 6.86. The van der Waals surface area contributed by atoms with E-state index in [0.29, 0.717) is 5.56 Å². The molecule has 0 saturated carbocycles.